The van der Waals surface area contributed by atoms with Gasteiger partial charge in [-0.15, -0.1) is 0 Å². The Balaban J connectivity index is 2.49. The van der Waals surface area contributed by atoms with Crippen LogP contribution in [0.1, 0.15) is 43.4 Å². The number of carboxylic acids is 1. The van der Waals surface area contributed by atoms with Crippen LogP contribution in [-0.2, 0) is 21.2 Å². The molecular weight excluding hydrogens is 346 g/mol. The second-order valence-corrected chi connectivity index (χ2v) is 8.09. The molecule has 0 spiro atoms. The van der Waals surface area contributed by atoms with Crippen LogP contribution in [-0.4, -0.2) is 50.3 Å². The number of ether oxygens (including phenoxy) is 2. The van der Waals surface area contributed by atoms with Gasteiger partial charge < -0.3 is 14.6 Å². The van der Waals surface area contributed by atoms with Crippen LogP contribution in [0.15, 0.2) is 12.1 Å². The Morgan fingerprint density at radius 3 is 2.48 bits per heavy atom. The quantitative estimate of drug-likeness (QED) is 0.753. The second kappa shape index (κ2) is 8.05. The lowest BCUT2D eigenvalue weighted by Crippen LogP contribution is -2.42. The SMILES string of the molecule is CCCCS(=O)(=O)N1CCc2cc(OC)c(OC)cc2C1CC(=O)O. The third-order valence-electron chi connectivity index (χ3n) is 4.43. The van der Waals surface area contributed by atoms with Gasteiger partial charge in [0, 0.05) is 6.54 Å². The molecule has 1 aromatic rings. The van der Waals surface area contributed by atoms with Gasteiger partial charge in [0.15, 0.2) is 11.5 Å². The molecule has 0 saturated heterocycles. The minimum Gasteiger partial charge on any atom is -0.493 e. The molecule has 0 radical (unpaired) electrons. The highest BCUT2D eigenvalue weighted by Gasteiger charge is 2.37. The highest BCUT2D eigenvalue weighted by molar-refractivity contribution is 7.89. The van der Waals surface area contributed by atoms with Crippen molar-refractivity contribution in [2.75, 3.05) is 26.5 Å². The lowest BCUT2D eigenvalue weighted by molar-refractivity contribution is -0.138. The molecule has 1 unspecified atom stereocenters. The zero-order chi connectivity index (χ0) is 18.6. The Morgan fingerprint density at radius 1 is 1.28 bits per heavy atom. The van der Waals surface area contributed by atoms with Crippen LogP contribution in [0, 0.1) is 0 Å². The minimum atomic E-state index is -3.52. The fourth-order valence-electron chi connectivity index (χ4n) is 3.16. The minimum absolute atomic E-state index is 0.0300. The largest absolute Gasteiger partial charge is 0.493 e. The molecule has 1 aromatic carbocycles. The number of benzene rings is 1. The summed E-state index contributed by atoms with van der Waals surface area (Å²) >= 11 is 0. The van der Waals surface area contributed by atoms with E-state index in [1.807, 2.05) is 6.92 Å². The van der Waals surface area contributed by atoms with E-state index in [4.69, 9.17) is 9.47 Å². The van der Waals surface area contributed by atoms with Gasteiger partial charge in [0.25, 0.3) is 0 Å². The number of methoxy groups -OCH3 is 2. The molecule has 8 heteroatoms. The first-order valence-corrected chi connectivity index (χ1v) is 9.91. The summed E-state index contributed by atoms with van der Waals surface area (Å²) < 4.78 is 37.3. The number of nitrogens with zero attached hydrogens (tertiary/aromatic N) is 1. The summed E-state index contributed by atoms with van der Waals surface area (Å²) in [5, 5.41) is 9.30. The first-order valence-electron chi connectivity index (χ1n) is 8.30. The van der Waals surface area contributed by atoms with E-state index < -0.39 is 22.0 Å². The Hall–Kier alpha value is -1.80. The summed E-state index contributed by atoms with van der Waals surface area (Å²) in [5.41, 5.74) is 1.57. The van der Waals surface area contributed by atoms with E-state index in [9.17, 15) is 18.3 Å². The number of rotatable bonds is 8. The smallest absolute Gasteiger partial charge is 0.305 e. The molecular formula is C17H25NO6S. The maximum Gasteiger partial charge on any atom is 0.305 e. The molecule has 2 rings (SSSR count). The van der Waals surface area contributed by atoms with Crippen molar-refractivity contribution in [3.05, 3.63) is 23.3 Å². The van der Waals surface area contributed by atoms with E-state index in [-0.39, 0.29) is 18.7 Å². The Morgan fingerprint density at radius 2 is 1.92 bits per heavy atom. The number of aliphatic carboxylic acids is 1. The third kappa shape index (κ3) is 4.24. The molecule has 1 atom stereocenters. The number of carboxylic acid groups (broad SMARTS) is 1. The van der Waals surface area contributed by atoms with Gasteiger partial charge in [-0.1, -0.05) is 13.3 Å². The van der Waals surface area contributed by atoms with Gasteiger partial charge in [-0.3, -0.25) is 4.79 Å². The number of unbranched alkanes of at least 4 members (excludes halogenated alkanes) is 1. The molecule has 25 heavy (non-hydrogen) atoms. The van der Waals surface area contributed by atoms with Gasteiger partial charge >= 0.3 is 5.97 Å². The predicted octanol–water partition coefficient (Wildman–Crippen LogP) is 2.21. The van der Waals surface area contributed by atoms with Crippen molar-refractivity contribution in [2.24, 2.45) is 0 Å². The van der Waals surface area contributed by atoms with E-state index >= 15 is 0 Å². The molecule has 140 valence electrons. The molecule has 7 nitrogen and oxygen atoms in total. The summed E-state index contributed by atoms with van der Waals surface area (Å²) in [4.78, 5) is 11.4. The molecule has 1 aliphatic heterocycles. The van der Waals surface area contributed by atoms with Crippen molar-refractivity contribution in [2.45, 2.75) is 38.6 Å². The van der Waals surface area contributed by atoms with Crippen LogP contribution in [0.2, 0.25) is 0 Å². The molecule has 0 amide bonds. The highest BCUT2D eigenvalue weighted by Crippen LogP contribution is 2.40. The molecule has 1 aliphatic rings. The summed E-state index contributed by atoms with van der Waals surface area (Å²) in [5.74, 6) is 0.00721. The topological polar surface area (TPSA) is 93.1 Å². The van der Waals surface area contributed by atoms with Crippen molar-refractivity contribution in [1.29, 1.82) is 0 Å². The molecule has 0 saturated carbocycles. The van der Waals surface area contributed by atoms with Crippen molar-refractivity contribution >= 4 is 16.0 Å². The fraction of sp³-hybridized carbons (Fsp3) is 0.588. The summed E-state index contributed by atoms with van der Waals surface area (Å²) in [7, 11) is -0.494. The zero-order valence-corrected chi connectivity index (χ0v) is 15.6. The Labute approximate surface area is 148 Å². The number of hydrogen-bond acceptors (Lipinski definition) is 5. The van der Waals surface area contributed by atoms with Gasteiger partial charge in [0.05, 0.1) is 32.4 Å². The van der Waals surface area contributed by atoms with Crippen LogP contribution in [0.25, 0.3) is 0 Å². The van der Waals surface area contributed by atoms with Gasteiger partial charge in [-0.25, -0.2) is 8.42 Å². The van der Waals surface area contributed by atoms with Crippen molar-refractivity contribution in [1.82, 2.24) is 4.31 Å². The van der Waals surface area contributed by atoms with Crippen LogP contribution < -0.4 is 9.47 Å². The lowest BCUT2D eigenvalue weighted by atomic mass is 9.92. The molecule has 1 N–H and O–H groups in total. The Bertz CT molecular complexity index is 731. The van der Waals surface area contributed by atoms with Crippen molar-refractivity contribution in [3.8, 4) is 11.5 Å². The van der Waals surface area contributed by atoms with Gasteiger partial charge in [-0.2, -0.15) is 4.31 Å². The zero-order valence-electron chi connectivity index (χ0n) is 14.8. The normalized spacial score (nSPS) is 17.8. The van der Waals surface area contributed by atoms with Crippen LogP contribution in [0.4, 0.5) is 0 Å². The van der Waals surface area contributed by atoms with Gasteiger partial charge in [0.2, 0.25) is 10.0 Å². The fourth-order valence-corrected chi connectivity index (χ4v) is 4.99. The maximum absolute atomic E-state index is 12.7. The second-order valence-electron chi connectivity index (χ2n) is 6.05. The summed E-state index contributed by atoms with van der Waals surface area (Å²) in [6, 6.07) is 2.77. The number of fused-ring (bicyclic) bond motifs is 1. The van der Waals surface area contributed by atoms with Crippen molar-refractivity contribution in [3.63, 3.8) is 0 Å². The first kappa shape index (κ1) is 19.5. The summed E-state index contributed by atoms with van der Waals surface area (Å²) in [6.07, 6.45) is 1.54. The molecule has 0 aromatic heterocycles. The van der Waals surface area contributed by atoms with Crippen LogP contribution in [0.5, 0.6) is 11.5 Å². The summed E-state index contributed by atoms with van der Waals surface area (Å²) in [6.45, 7) is 2.19. The van der Waals surface area contributed by atoms with Crippen LogP contribution >= 0.6 is 0 Å². The number of carbonyl (C=O) groups is 1. The molecule has 0 aliphatic carbocycles. The third-order valence-corrected chi connectivity index (χ3v) is 6.39. The number of sulfonamides is 1. The van der Waals surface area contributed by atoms with E-state index in [0.717, 1.165) is 12.0 Å². The monoisotopic (exact) mass is 371 g/mol. The van der Waals surface area contributed by atoms with E-state index in [2.05, 4.69) is 0 Å². The highest BCUT2D eigenvalue weighted by atomic mass is 32.2. The van der Waals surface area contributed by atoms with Crippen molar-refractivity contribution < 1.29 is 27.8 Å². The molecule has 1 heterocycles. The van der Waals surface area contributed by atoms with E-state index in [1.54, 1.807) is 12.1 Å². The lowest BCUT2D eigenvalue weighted by Gasteiger charge is -2.36. The van der Waals surface area contributed by atoms with E-state index in [1.165, 1.54) is 18.5 Å². The number of hydrogen-bond donors (Lipinski definition) is 1. The Kier molecular flexibility index (Phi) is 6.29. The average Bonchev–Trinajstić information content (AvgIpc) is 2.58. The van der Waals surface area contributed by atoms with Crippen LogP contribution in [0.3, 0.4) is 0 Å². The standard InChI is InChI=1S/C17H25NO6S/c1-4-5-8-25(21,22)18-7-6-12-9-15(23-2)16(24-3)10-13(12)14(18)11-17(19)20/h9-10,14H,4-8,11H2,1-3H3,(H,19,20). The average molecular weight is 371 g/mol. The molecule has 0 bridgehead atoms. The van der Waals surface area contributed by atoms with E-state index in [0.29, 0.717) is 29.9 Å². The van der Waals surface area contributed by atoms with Gasteiger partial charge in [0.1, 0.15) is 0 Å². The first-order chi connectivity index (χ1) is 11.8. The molecule has 0 fully saturated rings. The maximum atomic E-state index is 12.7. The van der Waals surface area contributed by atoms with Gasteiger partial charge in [-0.05, 0) is 36.1 Å². The predicted molar refractivity (Wildman–Crippen MR) is 93.6 cm³/mol.